The van der Waals surface area contributed by atoms with Gasteiger partial charge in [0, 0.05) is 42.6 Å². The molecule has 7 nitrogen and oxygen atoms in total. The van der Waals surface area contributed by atoms with Crippen LogP contribution >= 0.6 is 11.6 Å². The van der Waals surface area contributed by atoms with Gasteiger partial charge >= 0.3 is 0 Å². The molecular weight excluding hydrogens is 382 g/mol. The summed E-state index contributed by atoms with van der Waals surface area (Å²) in [5, 5.41) is 3.46. The summed E-state index contributed by atoms with van der Waals surface area (Å²) < 4.78 is 5.07. The highest BCUT2D eigenvalue weighted by Crippen LogP contribution is 2.60. The van der Waals surface area contributed by atoms with Crippen molar-refractivity contribution in [3.63, 3.8) is 0 Å². The van der Waals surface area contributed by atoms with Crippen molar-refractivity contribution in [2.24, 2.45) is 11.8 Å². The molecule has 3 saturated heterocycles. The van der Waals surface area contributed by atoms with Crippen molar-refractivity contribution in [3.05, 3.63) is 28.8 Å². The van der Waals surface area contributed by atoms with Crippen molar-refractivity contribution in [2.45, 2.75) is 30.8 Å². The largest absolute Gasteiger partial charge is 0.385 e. The van der Waals surface area contributed by atoms with Crippen LogP contribution < -0.4 is 5.32 Å². The Balaban J connectivity index is 1.64. The van der Waals surface area contributed by atoms with Crippen molar-refractivity contribution in [1.82, 2.24) is 9.80 Å². The Bertz CT molecular complexity index is 890. The molecule has 0 bridgehead atoms. The summed E-state index contributed by atoms with van der Waals surface area (Å²) >= 11 is 6.26. The molecule has 1 spiro atoms. The number of methoxy groups -OCH3 is 1. The van der Waals surface area contributed by atoms with Crippen LogP contribution in [0.4, 0.5) is 5.69 Å². The number of nitrogens with one attached hydrogen (secondary N) is 1. The molecular formula is C20H22ClN3O4. The van der Waals surface area contributed by atoms with Gasteiger partial charge in [0.05, 0.1) is 11.8 Å². The third kappa shape index (κ3) is 2.10. The molecule has 0 saturated carbocycles. The molecule has 1 aromatic rings. The number of halogens is 1. The Morgan fingerprint density at radius 1 is 1.29 bits per heavy atom. The van der Waals surface area contributed by atoms with Gasteiger partial charge in [0.15, 0.2) is 0 Å². The highest BCUT2D eigenvalue weighted by molar-refractivity contribution is 6.31. The Hall–Kier alpha value is -1.96. The fraction of sp³-hybridized carbons (Fsp3) is 0.550. The van der Waals surface area contributed by atoms with E-state index in [1.807, 2.05) is 0 Å². The smallest absolute Gasteiger partial charge is 0.250 e. The van der Waals surface area contributed by atoms with Crippen LogP contribution in [-0.4, -0.2) is 60.4 Å². The molecule has 28 heavy (non-hydrogen) atoms. The van der Waals surface area contributed by atoms with E-state index in [4.69, 9.17) is 16.3 Å². The minimum atomic E-state index is -1.14. The number of carbonyl (C=O) groups excluding carboxylic acids is 3. The zero-order valence-corrected chi connectivity index (χ0v) is 16.4. The van der Waals surface area contributed by atoms with E-state index in [1.165, 1.54) is 4.90 Å². The Morgan fingerprint density at radius 3 is 2.89 bits per heavy atom. The van der Waals surface area contributed by atoms with Gasteiger partial charge < -0.3 is 10.1 Å². The van der Waals surface area contributed by atoms with Crippen LogP contribution in [-0.2, 0) is 24.7 Å². The first-order chi connectivity index (χ1) is 13.5. The quantitative estimate of drug-likeness (QED) is 0.610. The van der Waals surface area contributed by atoms with E-state index in [0.29, 0.717) is 36.8 Å². The zero-order valence-electron chi connectivity index (χ0n) is 15.6. The Kier molecular flexibility index (Phi) is 4.05. The molecule has 4 aliphatic rings. The summed E-state index contributed by atoms with van der Waals surface area (Å²) in [4.78, 5) is 43.5. The van der Waals surface area contributed by atoms with Crippen LogP contribution in [0, 0.1) is 11.8 Å². The van der Waals surface area contributed by atoms with Gasteiger partial charge in [0.25, 0.3) is 0 Å². The lowest BCUT2D eigenvalue weighted by Crippen LogP contribution is -2.54. The molecule has 3 fully saturated rings. The summed E-state index contributed by atoms with van der Waals surface area (Å²) in [6.07, 6.45) is 2.31. The van der Waals surface area contributed by atoms with E-state index in [1.54, 1.807) is 25.3 Å². The van der Waals surface area contributed by atoms with Crippen LogP contribution in [0.25, 0.3) is 0 Å². The van der Waals surface area contributed by atoms with Gasteiger partial charge in [0.1, 0.15) is 5.54 Å². The van der Waals surface area contributed by atoms with Crippen molar-refractivity contribution < 1.29 is 19.1 Å². The maximum Gasteiger partial charge on any atom is 0.250 e. The number of carbonyl (C=O) groups is 3. The second kappa shape index (κ2) is 6.27. The molecule has 5 rings (SSSR count). The first-order valence-electron chi connectivity index (χ1n) is 9.74. The van der Waals surface area contributed by atoms with Gasteiger partial charge in [-0.2, -0.15) is 0 Å². The number of fused-ring (bicyclic) bond motifs is 7. The average molecular weight is 404 g/mol. The highest BCUT2D eigenvalue weighted by Gasteiger charge is 2.74. The Labute approximate surface area is 167 Å². The number of rotatable bonds is 4. The molecule has 1 N–H and O–H groups in total. The van der Waals surface area contributed by atoms with Gasteiger partial charge in [-0.05, 0) is 44.0 Å². The number of amides is 3. The lowest BCUT2D eigenvalue weighted by molar-refractivity contribution is -0.145. The summed E-state index contributed by atoms with van der Waals surface area (Å²) in [6.45, 7) is 1.50. The van der Waals surface area contributed by atoms with Crippen molar-refractivity contribution in [1.29, 1.82) is 0 Å². The number of imide groups is 1. The Morgan fingerprint density at radius 2 is 2.11 bits per heavy atom. The zero-order chi connectivity index (χ0) is 19.6. The average Bonchev–Trinajstić information content (AvgIpc) is 3.36. The number of benzene rings is 1. The fourth-order valence-corrected chi connectivity index (χ4v) is 5.99. The summed E-state index contributed by atoms with van der Waals surface area (Å²) in [7, 11) is 1.59. The molecule has 0 aliphatic carbocycles. The van der Waals surface area contributed by atoms with Gasteiger partial charge in [-0.15, -0.1) is 0 Å². The standard InChI is InChI=1S/C20H22ClN3O4/c1-28-9-3-7-23-17(25)15-14-4-2-8-24(14)20(16(15)18(23)26)12-10-11(21)5-6-13(12)22-19(20)27/h5-6,10,14-16H,2-4,7-9H2,1H3,(H,22,27). The van der Waals surface area contributed by atoms with E-state index >= 15 is 0 Å². The van der Waals surface area contributed by atoms with Gasteiger partial charge in [-0.3, -0.25) is 24.2 Å². The predicted molar refractivity (Wildman–Crippen MR) is 102 cm³/mol. The molecule has 4 heterocycles. The van der Waals surface area contributed by atoms with Gasteiger partial charge in [0.2, 0.25) is 17.7 Å². The summed E-state index contributed by atoms with van der Waals surface area (Å²) in [5.74, 6) is -1.79. The maximum atomic E-state index is 13.4. The predicted octanol–water partition coefficient (Wildman–Crippen LogP) is 1.60. The minimum Gasteiger partial charge on any atom is -0.385 e. The second-order valence-electron chi connectivity index (χ2n) is 7.99. The normalized spacial score (nSPS) is 33.6. The van der Waals surface area contributed by atoms with Crippen LogP contribution in [0.1, 0.15) is 24.8 Å². The maximum absolute atomic E-state index is 13.4. The van der Waals surface area contributed by atoms with Crippen LogP contribution in [0.3, 0.4) is 0 Å². The van der Waals surface area contributed by atoms with E-state index in [0.717, 1.165) is 18.4 Å². The fourth-order valence-electron chi connectivity index (χ4n) is 5.82. The van der Waals surface area contributed by atoms with E-state index in [-0.39, 0.29) is 23.8 Å². The topological polar surface area (TPSA) is 79.0 Å². The second-order valence-corrected chi connectivity index (χ2v) is 8.43. The number of nitrogens with zero attached hydrogens (tertiary/aromatic N) is 2. The number of likely N-dealkylation sites (tertiary alicyclic amines) is 1. The van der Waals surface area contributed by atoms with E-state index in [9.17, 15) is 14.4 Å². The minimum absolute atomic E-state index is 0.0930. The molecule has 0 radical (unpaired) electrons. The van der Waals surface area contributed by atoms with E-state index < -0.39 is 17.4 Å². The number of hydrogen-bond donors (Lipinski definition) is 1. The van der Waals surface area contributed by atoms with Gasteiger partial charge in [-0.1, -0.05) is 11.6 Å². The van der Waals surface area contributed by atoms with E-state index in [2.05, 4.69) is 10.2 Å². The molecule has 4 atom stereocenters. The highest BCUT2D eigenvalue weighted by atomic mass is 35.5. The summed E-state index contributed by atoms with van der Waals surface area (Å²) in [6, 6.07) is 5.19. The molecule has 0 aromatic heterocycles. The molecule has 148 valence electrons. The number of hydrogen-bond acceptors (Lipinski definition) is 5. The van der Waals surface area contributed by atoms with Crippen molar-refractivity contribution in [2.75, 3.05) is 32.1 Å². The van der Waals surface area contributed by atoms with Gasteiger partial charge in [-0.25, -0.2) is 0 Å². The molecule has 4 aliphatic heterocycles. The van der Waals surface area contributed by atoms with Crippen molar-refractivity contribution >= 4 is 35.0 Å². The molecule has 3 amide bonds. The van der Waals surface area contributed by atoms with Crippen LogP contribution in [0.5, 0.6) is 0 Å². The molecule has 8 heteroatoms. The lowest BCUT2D eigenvalue weighted by atomic mass is 9.75. The monoisotopic (exact) mass is 403 g/mol. The first kappa shape index (κ1) is 18.1. The lowest BCUT2D eigenvalue weighted by Gasteiger charge is -2.36. The van der Waals surface area contributed by atoms with Crippen LogP contribution in [0.2, 0.25) is 5.02 Å². The first-order valence-corrected chi connectivity index (χ1v) is 10.1. The van der Waals surface area contributed by atoms with Crippen molar-refractivity contribution in [3.8, 4) is 0 Å². The third-order valence-electron chi connectivity index (χ3n) is 6.78. The number of ether oxygens (including phenoxy) is 1. The SMILES string of the molecule is COCCCN1C(=O)C2C3CCCN3C3(C(=O)Nc4ccc(Cl)cc43)C2C1=O. The summed E-state index contributed by atoms with van der Waals surface area (Å²) in [5.41, 5.74) is 0.262. The third-order valence-corrected chi connectivity index (χ3v) is 7.01. The molecule has 1 aromatic carbocycles. The van der Waals surface area contributed by atoms with Crippen LogP contribution in [0.15, 0.2) is 18.2 Å². The molecule has 4 unspecified atom stereocenters. The number of anilines is 1.